The number of methoxy groups -OCH3 is 1. The Morgan fingerprint density at radius 3 is 2.35 bits per heavy atom. The molecule has 2 unspecified atom stereocenters. The molecule has 2 rings (SSSR count). The molecule has 4 nitrogen and oxygen atoms in total. The van der Waals surface area contributed by atoms with Crippen molar-refractivity contribution >= 4 is 21.6 Å². The predicted molar refractivity (Wildman–Crippen MR) is 79.8 cm³/mol. The number of hydrogen-bond acceptors (Lipinski definition) is 3. The van der Waals surface area contributed by atoms with Gasteiger partial charge in [-0.05, 0) is 37.1 Å². The lowest BCUT2D eigenvalue weighted by Crippen LogP contribution is -2.44. The van der Waals surface area contributed by atoms with Crippen LogP contribution in [0.2, 0.25) is 0 Å². The Kier molecular flexibility index (Phi) is 4.94. The molecule has 2 atom stereocenters. The number of halogens is 1. The summed E-state index contributed by atoms with van der Waals surface area (Å²) in [6.07, 6.45) is 3.78. The first-order chi connectivity index (χ1) is 9.46. The summed E-state index contributed by atoms with van der Waals surface area (Å²) in [7, 11) is -0.336. The van der Waals surface area contributed by atoms with Gasteiger partial charge in [-0.3, -0.25) is 0 Å². The Morgan fingerprint density at radius 2 is 1.80 bits per heavy atom. The molecule has 0 aromatic heterocycles. The van der Waals surface area contributed by atoms with Gasteiger partial charge in [0.2, 0.25) is 10.0 Å². The molecule has 0 heterocycles. The van der Waals surface area contributed by atoms with Crippen LogP contribution in [-0.2, 0) is 10.0 Å². The van der Waals surface area contributed by atoms with Crippen LogP contribution in [-0.4, -0.2) is 38.3 Å². The molecule has 1 aromatic carbocycles. The zero-order valence-corrected chi connectivity index (χ0v) is 13.3. The molecule has 1 aliphatic rings. The molecular formula is C14H20ClNO3S. The van der Waals surface area contributed by atoms with E-state index in [1.54, 1.807) is 38.4 Å². The van der Waals surface area contributed by atoms with Gasteiger partial charge in [0.15, 0.2) is 0 Å². The minimum atomic E-state index is -3.50. The molecule has 1 aliphatic carbocycles. The summed E-state index contributed by atoms with van der Waals surface area (Å²) < 4.78 is 31.7. The van der Waals surface area contributed by atoms with Crippen molar-refractivity contribution < 1.29 is 13.2 Å². The highest BCUT2D eigenvalue weighted by molar-refractivity contribution is 7.89. The van der Waals surface area contributed by atoms with E-state index in [4.69, 9.17) is 16.3 Å². The first kappa shape index (κ1) is 15.6. The van der Waals surface area contributed by atoms with Gasteiger partial charge in [-0.1, -0.05) is 12.8 Å². The van der Waals surface area contributed by atoms with Crippen molar-refractivity contribution in [2.45, 2.75) is 42.0 Å². The van der Waals surface area contributed by atoms with Gasteiger partial charge < -0.3 is 4.74 Å². The molecule has 20 heavy (non-hydrogen) atoms. The van der Waals surface area contributed by atoms with Crippen LogP contribution < -0.4 is 4.74 Å². The van der Waals surface area contributed by atoms with Gasteiger partial charge >= 0.3 is 0 Å². The Morgan fingerprint density at radius 1 is 1.20 bits per heavy atom. The van der Waals surface area contributed by atoms with Crippen LogP contribution >= 0.6 is 11.6 Å². The first-order valence-electron chi connectivity index (χ1n) is 6.73. The second-order valence-electron chi connectivity index (χ2n) is 5.06. The SMILES string of the molecule is COc1ccc(S(=O)(=O)N(C)C2CCCCC2Cl)cc1. The molecule has 0 bridgehead atoms. The standard InChI is InChI=1S/C14H20ClNO3S/c1-16(14-6-4-3-5-13(14)15)20(17,18)12-9-7-11(19-2)8-10-12/h7-10,13-14H,3-6H2,1-2H3. The quantitative estimate of drug-likeness (QED) is 0.802. The average Bonchev–Trinajstić information content (AvgIpc) is 2.47. The van der Waals surface area contributed by atoms with Crippen molar-refractivity contribution in [3.63, 3.8) is 0 Å². The lowest BCUT2D eigenvalue weighted by Gasteiger charge is -2.34. The Labute approximate surface area is 125 Å². The molecule has 0 saturated heterocycles. The highest BCUT2D eigenvalue weighted by Gasteiger charge is 2.34. The van der Waals surface area contributed by atoms with E-state index in [1.165, 1.54) is 4.31 Å². The molecule has 112 valence electrons. The van der Waals surface area contributed by atoms with E-state index in [0.717, 1.165) is 25.7 Å². The fourth-order valence-electron chi connectivity index (χ4n) is 2.57. The average molecular weight is 318 g/mol. The fourth-order valence-corrected chi connectivity index (χ4v) is 4.51. The van der Waals surface area contributed by atoms with Crippen LogP contribution in [0.1, 0.15) is 25.7 Å². The van der Waals surface area contributed by atoms with E-state index in [1.807, 2.05) is 0 Å². The van der Waals surface area contributed by atoms with Gasteiger partial charge in [0.05, 0.1) is 17.4 Å². The molecule has 0 N–H and O–H groups in total. The number of hydrogen-bond donors (Lipinski definition) is 0. The van der Waals surface area contributed by atoms with Crippen molar-refractivity contribution in [2.75, 3.05) is 14.2 Å². The lowest BCUT2D eigenvalue weighted by molar-refractivity contribution is 0.291. The molecule has 0 aliphatic heterocycles. The summed E-state index contributed by atoms with van der Waals surface area (Å²) in [5.41, 5.74) is 0. The number of sulfonamides is 1. The maximum atomic E-state index is 12.6. The van der Waals surface area contributed by atoms with E-state index in [-0.39, 0.29) is 16.3 Å². The largest absolute Gasteiger partial charge is 0.497 e. The van der Waals surface area contributed by atoms with Crippen molar-refractivity contribution in [1.29, 1.82) is 0 Å². The van der Waals surface area contributed by atoms with Crippen LogP contribution in [0.5, 0.6) is 5.75 Å². The van der Waals surface area contributed by atoms with Crippen LogP contribution in [0.25, 0.3) is 0 Å². The van der Waals surface area contributed by atoms with Crippen molar-refractivity contribution in [3.8, 4) is 5.75 Å². The van der Waals surface area contributed by atoms with Crippen LogP contribution in [0.4, 0.5) is 0 Å². The molecule has 6 heteroatoms. The topological polar surface area (TPSA) is 46.6 Å². The molecular weight excluding hydrogens is 298 g/mol. The van der Waals surface area contributed by atoms with Crippen LogP contribution in [0, 0.1) is 0 Å². The zero-order valence-electron chi connectivity index (χ0n) is 11.8. The highest BCUT2D eigenvalue weighted by atomic mass is 35.5. The second kappa shape index (κ2) is 6.33. The Bertz CT molecular complexity index is 544. The van der Waals surface area contributed by atoms with Gasteiger partial charge in [-0.15, -0.1) is 11.6 Å². The van der Waals surface area contributed by atoms with Crippen molar-refractivity contribution in [2.24, 2.45) is 0 Å². The number of alkyl halides is 1. The number of nitrogens with zero attached hydrogens (tertiary/aromatic N) is 1. The normalized spacial score (nSPS) is 23.8. The first-order valence-corrected chi connectivity index (χ1v) is 8.60. The molecule has 1 saturated carbocycles. The fraction of sp³-hybridized carbons (Fsp3) is 0.571. The lowest BCUT2D eigenvalue weighted by atomic mass is 9.95. The van der Waals surface area contributed by atoms with E-state index in [9.17, 15) is 8.42 Å². The Hall–Kier alpha value is -0.780. The van der Waals surface area contributed by atoms with E-state index in [0.29, 0.717) is 5.75 Å². The number of ether oxygens (including phenoxy) is 1. The third-order valence-corrected chi connectivity index (χ3v) is 6.26. The predicted octanol–water partition coefficient (Wildman–Crippen LogP) is 2.87. The summed E-state index contributed by atoms with van der Waals surface area (Å²) in [6.45, 7) is 0. The summed E-state index contributed by atoms with van der Waals surface area (Å²) in [5.74, 6) is 0.638. The Balaban J connectivity index is 2.23. The molecule has 0 amide bonds. The number of benzene rings is 1. The van der Waals surface area contributed by atoms with Gasteiger partial charge in [-0.25, -0.2) is 8.42 Å². The summed E-state index contributed by atoms with van der Waals surface area (Å²) in [4.78, 5) is 0.273. The van der Waals surface area contributed by atoms with Crippen molar-refractivity contribution in [1.82, 2.24) is 4.31 Å². The zero-order chi connectivity index (χ0) is 14.8. The van der Waals surface area contributed by atoms with E-state index >= 15 is 0 Å². The minimum Gasteiger partial charge on any atom is -0.497 e. The highest BCUT2D eigenvalue weighted by Crippen LogP contribution is 2.30. The molecule has 0 radical (unpaired) electrons. The molecule has 1 aromatic rings. The second-order valence-corrected chi connectivity index (χ2v) is 7.62. The van der Waals surface area contributed by atoms with Gasteiger partial charge in [-0.2, -0.15) is 4.31 Å². The summed E-state index contributed by atoms with van der Waals surface area (Å²) in [5, 5.41) is -0.109. The third kappa shape index (κ3) is 3.10. The minimum absolute atomic E-state index is 0.109. The van der Waals surface area contributed by atoms with Gasteiger partial charge in [0.25, 0.3) is 0 Å². The van der Waals surface area contributed by atoms with E-state index < -0.39 is 10.0 Å². The van der Waals surface area contributed by atoms with Crippen LogP contribution in [0.15, 0.2) is 29.2 Å². The molecule has 1 fully saturated rings. The van der Waals surface area contributed by atoms with Gasteiger partial charge in [0, 0.05) is 13.1 Å². The maximum Gasteiger partial charge on any atom is 0.243 e. The smallest absolute Gasteiger partial charge is 0.243 e. The third-order valence-electron chi connectivity index (χ3n) is 3.85. The van der Waals surface area contributed by atoms with E-state index in [2.05, 4.69) is 0 Å². The monoisotopic (exact) mass is 317 g/mol. The van der Waals surface area contributed by atoms with Gasteiger partial charge in [0.1, 0.15) is 5.75 Å². The van der Waals surface area contributed by atoms with Crippen molar-refractivity contribution in [3.05, 3.63) is 24.3 Å². The maximum absolute atomic E-state index is 12.6. The number of rotatable bonds is 4. The summed E-state index contributed by atoms with van der Waals surface area (Å²) >= 11 is 6.29. The summed E-state index contributed by atoms with van der Waals surface area (Å²) in [6, 6.07) is 6.31. The van der Waals surface area contributed by atoms with Crippen LogP contribution in [0.3, 0.4) is 0 Å². The molecule has 0 spiro atoms.